The van der Waals surface area contributed by atoms with Crippen LogP contribution in [0.15, 0.2) is 24.5 Å². The van der Waals surface area contributed by atoms with E-state index in [9.17, 15) is 10.1 Å². The number of imidazole rings is 1. The number of nitrogens with zero attached hydrogens (tertiary/aromatic N) is 9. The smallest absolute Gasteiger partial charge is 0.288 e. The molecular weight excluding hydrogens is 444 g/mol. The van der Waals surface area contributed by atoms with Crippen molar-refractivity contribution in [1.82, 2.24) is 39.7 Å². The van der Waals surface area contributed by atoms with Gasteiger partial charge in [-0.1, -0.05) is 18.9 Å². The van der Waals surface area contributed by atoms with Gasteiger partial charge >= 0.3 is 0 Å². The minimum absolute atomic E-state index is 0.0423. The van der Waals surface area contributed by atoms with E-state index in [1.807, 2.05) is 25.2 Å². The van der Waals surface area contributed by atoms with Crippen LogP contribution in [0, 0.1) is 11.3 Å². The van der Waals surface area contributed by atoms with Gasteiger partial charge in [-0.25, -0.2) is 9.97 Å². The third kappa shape index (κ3) is 4.94. The summed E-state index contributed by atoms with van der Waals surface area (Å²) < 4.78 is 1.75. The lowest BCUT2D eigenvalue weighted by Gasteiger charge is -2.32. The number of nitrogens with one attached hydrogen (secondary N) is 1. The number of likely N-dealkylation sites (N-methyl/N-ethyl adjacent to an activating group) is 1. The van der Waals surface area contributed by atoms with Gasteiger partial charge in [0, 0.05) is 39.8 Å². The molecule has 11 nitrogen and oxygen atoms in total. The number of pyridine rings is 1. The third-order valence-corrected chi connectivity index (χ3v) is 6.80. The molecule has 2 fully saturated rings. The van der Waals surface area contributed by atoms with Crippen LogP contribution in [-0.2, 0) is 13.6 Å². The Labute approximate surface area is 204 Å². The normalized spacial score (nSPS) is 17.5. The first-order valence-corrected chi connectivity index (χ1v) is 12.1. The van der Waals surface area contributed by atoms with Crippen molar-refractivity contribution in [1.29, 1.82) is 5.26 Å². The van der Waals surface area contributed by atoms with Crippen LogP contribution in [0.25, 0.3) is 11.2 Å². The van der Waals surface area contributed by atoms with E-state index >= 15 is 0 Å². The third-order valence-electron chi connectivity index (χ3n) is 6.80. The second kappa shape index (κ2) is 9.93. The van der Waals surface area contributed by atoms with Gasteiger partial charge in [0.25, 0.3) is 5.91 Å². The second-order valence-electron chi connectivity index (χ2n) is 9.35. The van der Waals surface area contributed by atoms with Crippen molar-refractivity contribution < 1.29 is 4.79 Å². The summed E-state index contributed by atoms with van der Waals surface area (Å²) in [5.74, 6) is 0.181. The Morgan fingerprint density at radius 2 is 1.91 bits per heavy atom. The number of rotatable bonds is 6. The van der Waals surface area contributed by atoms with Crippen LogP contribution in [0.4, 0.5) is 5.82 Å². The van der Waals surface area contributed by atoms with E-state index in [2.05, 4.69) is 42.2 Å². The van der Waals surface area contributed by atoms with Crippen molar-refractivity contribution in [2.75, 3.05) is 38.2 Å². The molecule has 0 spiro atoms. The molecule has 3 aromatic heterocycles. The average Bonchev–Trinajstić information content (AvgIpc) is 3.54. The number of aryl methyl sites for hydroxylation is 1. The summed E-state index contributed by atoms with van der Waals surface area (Å²) in [5, 5.41) is 11.3. The molecule has 1 saturated carbocycles. The van der Waals surface area contributed by atoms with E-state index in [-0.39, 0.29) is 17.8 Å². The number of piperazine rings is 1. The van der Waals surface area contributed by atoms with E-state index in [4.69, 9.17) is 0 Å². The fraction of sp³-hybridized carbons (Fsp3) is 0.500. The van der Waals surface area contributed by atoms with Crippen LogP contribution in [0.5, 0.6) is 0 Å². The Kier molecular flexibility index (Phi) is 6.57. The highest BCUT2D eigenvalue weighted by Crippen LogP contribution is 2.29. The van der Waals surface area contributed by atoms with Crippen molar-refractivity contribution in [3.05, 3.63) is 41.7 Å². The molecule has 35 heavy (non-hydrogen) atoms. The minimum Gasteiger partial charge on any atom is -0.318 e. The molecule has 2 aliphatic rings. The number of carbonyl (C=O) groups is 1. The quantitative estimate of drug-likeness (QED) is 0.530. The Bertz CT molecular complexity index is 1250. The van der Waals surface area contributed by atoms with E-state index in [1.54, 1.807) is 22.0 Å². The molecule has 1 aliphatic carbocycles. The zero-order chi connectivity index (χ0) is 24.4. The highest BCUT2D eigenvalue weighted by molar-refractivity contribution is 5.94. The number of hydrogen-bond donors (Lipinski definition) is 1. The predicted molar refractivity (Wildman–Crippen MR) is 130 cm³/mol. The van der Waals surface area contributed by atoms with Crippen molar-refractivity contribution in [3.63, 3.8) is 0 Å². The molecule has 1 aliphatic heterocycles. The molecule has 0 unspecified atom stereocenters. The predicted octanol–water partition coefficient (Wildman–Crippen LogP) is 1.47. The summed E-state index contributed by atoms with van der Waals surface area (Å²) in [4.78, 5) is 36.0. The standard InChI is InChI=1S/C24H30N10O/c1-31-10-12-33(13-11-31)15-17-6-5-9-19(27-17)24(35)30-34(18-7-3-4-8-18)23-21-22(32(2)16-26-21)28-20(14-25)29-23/h5-6,9,16,18H,3-4,7-8,10-13,15H2,1-2H3,(H,30,35). The molecule has 1 saturated heterocycles. The van der Waals surface area contributed by atoms with E-state index in [1.165, 1.54) is 0 Å². The van der Waals surface area contributed by atoms with Gasteiger partial charge < -0.3 is 9.47 Å². The van der Waals surface area contributed by atoms with Gasteiger partial charge in [0.2, 0.25) is 5.82 Å². The molecule has 0 radical (unpaired) electrons. The van der Waals surface area contributed by atoms with Crippen LogP contribution < -0.4 is 10.4 Å². The maximum Gasteiger partial charge on any atom is 0.288 e. The number of hydrazine groups is 1. The van der Waals surface area contributed by atoms with Gasteiger partial charge in [-0.05, 0) is 32.0 Å². The van der Waals surface area contributed by atoms with Gasteiger partial charge in [-0.3, -0.25) is 20.1 Å². The fourth-order valence-electron chi connectivity index (χ4n) is 4.79. The zero-order valence-electron chi connectivity index (χ0n) is 20.2. The van der Waals surface area contributed by atoms with Crippen LogP contribution >= 0.6 is 0 Å². The van der Waals surface area contributed by atoms with Gasteiger partial charge in [0.1, 0.15) is 11.8 Å². The number of carbonyl (C=O) groups excluding carboxylic acids is 1. The molecular formula is C24H30N10O. The first-order valence-electron chi connectivity index (χ1n) is 12.1. The first-order chi connectivity index (χ1) is 17.0. The largest absolute Gasteiger partial charge is 0.318 e. The van der Waals surface area contributed by atoms with Crippen LogP contribution in [0.3, 0.4) is 0 Å². The van der Waals surface area contributed by atoms with Crippen LogP contribution in [0.1, 0.15) is 47.7 Å². The lowest BCUT2D eigenvalue weighted by molar-refractivity contribution is 0.0938. The number of hydrogen-bond acceptors (Lipinski definition) is 9. The van der Waals surface area contributed by atoms with Crippen LogP contribution in [0.2, 0.25) is 0 Å². The highest BCUT2D eigenvalue weighted by Gasteiger charge is 2.29. The van der Waals surface area contributed by atoms with Crippen molar-refractivity contribution in [3.8, 4) is 6.07 Å². The van der Waals surface area contributed by atoms with Crippen LogP contribution in [-0.4, -0.2) is 79.5 Å². The average molecular weight is 475 g/mol. The number of anilines is 1. The number of aromatic nitrogens is 5. The Hall–Kier alpha value is -3.62. The summed E-state index contributed by atoms with van der Waals surface area (Å²) in [6, 6.07) is 7.66. The first kappa shape index (κ1) is 23.1. The molecule has 0 atom stereocenters. The summed E-state index contributed by atoms with van der Waals surface area (Å²) in [5.41, 5.74) is 5.37. The van der Waals surface area contributed by atoms with E-state index in [0.717, 1.165) is 57.6 Å². The lowest BCUT2D eigenvalue weighted by atomic mass is 10.2. The topological polar surface area (TPSA) is 119 Å². The van der Waals surface area contributed by atoms with Gasteiger partial charge in [0.05, 0.1) is 18.1 Å². The summed E-state index contributed by atoms with van der Waals surface area (Å²) in [6.45, 7) is 4.75. The molecule has 0 aromatic carbocycles. The monoisotopic (exact) mass is 474 g/mol. The second-order valence-corrected chi connectivity index (χ2v) is 9.35. The molecule has 0 bridgehead atoms. The van der Waals surface area contributed by atoms with Gasteiger partial charge in [-0.15, -0.1) is 0 Å². The summed E-state index contributed by atoms with van der Waals surface area (Å²) in [6.07, 6.45) is 5.60. The molecule has 5 rings (SSSR count). The maximum absolute atomic E-state index is 13.4. The number of fused-ring (bicyclic) bond motifs is 1. The van der Waals surface area contributed by atoms with E-state index < -0.39 is 0 Å². The van der Waals surface area contributed by atoms with Crippen molar-refractivity contribution >= 4 is 22.9 Å². The molecule has 4 heterocycles. The molecule has 182 valence electrons. The SMILES string of the molecule is CN1CCN(Cc2cccc(C(=O)NN(c3nc(C#N)nc4c3ncn4C)C3CCCC3)n2)CC1. The summed E-state index contributed by atoms with van der Waals surface area (Å²) in [7, 11) is 3.95. The Balaban J connectivity index is 1.41. The Morgan fingerprint density at radius 3 is 2.66 bits per heavy atom. The van der Waals surface area contributed by atoms with Crippen molar-refractivity contribution in [2.45, 2.75) is 38.3 Å². The zero-order valence-corrected chi connectivity index (χ0v) is 20.2. The maximum atomic E-state index is 13.4. The van der Waals surface area contributed by atoms with Gasteiger partial charge in [0.15, 0.2) is 17.0 Å². The minimum atomic E-state index is -0.307. The van der Waals surface area contributed by atoms with Gasteiger partial charge in [-0.2, -0.15) is 15.2 Å². The Morgan fingerprint density at radius 1 is 1.14 bits per heavy atom. The molecule has 3 aromatic rings. The number of nitriles is 1. The molecule has 1 N–H and O–H groups in total. The van der Waals surface area contributed by atoms with Crippen molar-refractivity contribution in [2.24, 2.45) is 7.05 Å². The highest BCUT2D eigenvalue weighted by atomic mass is 16.2. The number of amides is 1. The van der Waals surface area contributed by atoms with E-state index in [0.29, 0.717) is 29.2 Å². The molecule has 11 heteroatoms. The fourth-order valence-corrected chi connectivity index (χ4v) is 4.79. The lowest BCUT2D eigenvalue weighted by Crippen LogP contribution is -2.49. The summed E-state index contributed by atoms with van der Waals surface area (Å²) >= 11 is 0. The molecule has 1 amide bonds.